The second-order valence-corrected chi connectivity index (χ2v) is 4.87. The van der Waals surface area contributed by atoms with Gasteiger partial charge in [0.1, 0.15) is 0 Å². The lowest BCUT2D eigenvalue weighted by molar-refractivity contribution is -0.137. The van der Waals surface area contributed by atoms with Gasteiger partial charge in [0, 0.05) is 12.1 Å². The summed E-state index contributed by atoms with van der Waals surface area (Å²) in [6.07, 6.45) is -0.652. The molecular weight excluding hydrogens is 289 g/mol. The Morgan fingerprint density at radius 2 is 1.95 bits per heavy atom. The molecule has 0 aliphatic heterocycles. The Morgan fingerprint density at radius 3 is 2.36 bits per heavy atom. The Kier molecular flexibility index (Phi) is 6.87. The fourth-order valence-electron chi connectivity index (χ4n) is 1.47. The quantitative estimate of drug-likeness (QED) is 0.643. The van der Waals surface area contributed by atoms with Gasteiger partial charge >= 0.3 is 6.18 Å². The summed E-state index contributed by atoms with van der Waals surface area (Å²) >= 11 is 0. The molecule has 0 heterocycles. The number of rotatable bonds is 3. The standard InChI is InChI=1S/C10H8F3N.C7H11N/c1-7(6-14)8-2-4-9(5-3-8)10(11,12)13;1-8-6-2-3-7-4-5-7/h2-6,14H,1H2;7-8H,4-6H2,1H3. The SMILES string of the molecule is C=C(C=N)c1ccc(C(F)(F)F)cc1.CNCC#CC1CC1. The normalized spacial score (nSPS) is 13.3. The van der Waals surface area contributed by atoms with Crippen molar-refractivity contribution in [3.05, 3.63) is 42.0 Å². The van der Waals surface area contributed by atoms with E-state index in [0.717, 1.165) is 30.8 Å². The number of hydrogen-bond donors (Lipinski definition) is 2. The minimum atomic E-state index is -4.31. The molecule has 0 saturated heterocycles. The van der Waals surface area contributed by atoms with Gasteiger partial charge in [0.05, 0.1) is 12.1 Å². The van der Waals surface area contributed by atoms with Gasteiger partial charge in [-0.15, -0.1) is 0 Å². The molecule has 0 spiro atoms. The van der Waals surface area contributed by atoms with E-state index in [1.165, 1.54) is 25.0 Å². The van der Waals surface area contributed by atoms with Crippen molar-refractivity contribution in [3.8, 4) is 11.8 Å². The lowest BCUT2D eigenvalue weighted by atomic mass is 10.1. The molecule has 1 saturated carbocycles. The highest BCUT2D eigenvalue weighted by Crippen LogP contribution is 2.29. The van der Waals surface area contributed by atoms with Crippen LogP contribution in [-0.2, 0) is 6.18 Å². The highest BCUT2D eigenvalue weighted by molar-refractivity contribution is 6.07. The van der Waals surface area contributed by atoms with Gasteiger partial charge in [-0.3, -0.25) is 0 Å². The van der Waals surface area contributed by atoms with Crippen LogP contribution < -0.4 is 5.32 Å². The van der Waals surface area contributed by atoms with Crippen molar-refractivity contribution in [1.29, 1.82) is 5.41 Å². The molecule has 2 N–H and O–H groups in total. The Labute approximate surface area is 128 Å². The number of nitrogens with one attached hydrogen (secondary N) is 2. The molecule has 22 heavy (non-hydrogen) atoms. The fraction of sp³-hybridized carbons (Fsp3) is 0.353. The number of benzene rings is 1. The fourth-order valence-corrected chi connectivity index (χ4v) is 1.47. The van der Waals surface area contributed by atoms with E-state index in [4.69, 9.17) is 5.41 Å². The van der Waals surface area contributed by atoms with Gasteiger partial charge in [0.15, 0.2) is 0 Å². The first kappa shape index (κ1) is 18.0. The van der Waals surface area contributed by atoms with Gasteiger partial charge in [-0.2, -0.15) is 13.2 Å². The van der Waals surface area contributed by atoms with Gasteiger partial charge in [-0.1, -0.05) is 30.6 Å². The zero-order valence-corrected chi connectivity index (χ0v) is 12.4. The minimum Gasteiger partial charge on any atom is -0.309 e. The molecule has 2 rings (SSSR count). The summed E-state index contributed by atoms with van der Waals surface area (Å²) in [4.78, 5) is 0. The molecule has 2 nitrogen and oxygen atoms in total. The van der Waals surface area contributed by atoms with Crippen LogP contribution in [0.15, 0.2) is 30.8 Å². The summed E-state index contributed by atoms with van der Waals surface area (Å²) in [5, 5.41) is 9.85. The summed E-state index contributed by atoms with van der Waals surface area (Å²) in [6.45, 7) is 4.35. The third-order valence-corrected chi connectivity index (χ3v) is 2.91. The lowest BCUT2D eigenvalue weighted by Gasteiger charge is -2.07. The number of alkyl halides is 3. The van der Waals surface area contributed by atoms with Crippen LogP contribution in [0, 0.1) is 23.2 Å². The maximum absolute atomic E-state index is 12.1. The number of halogens is 3. The van der Waals surface area contributed by atoms with Crippen molar-refractivity contribution < 1.29 is 13.2 Å². The Hall–Kier alpha value is -2.06. The summed E-state index contributed by atoms with van der Waals surface area (Å²) < 4.78 is 36.4. The van der Waals surface area contributed by atoms with Crippen LogP contribution >= 0.6 is 0 Å². The van der Waals surface area contributed by atoms with Crippen molar-refractivity contribution >= 4 is 11.8 Å². The van der Waals surface area contributed by atoms with Gasteiger partial charge in [0.2, 0.25) is 0 Å². The summed E-state index contributed by atoms with van der Waals surface area (Å²) in [5.74, 6) is 6.93. The van der Waals surface area contributed by atoms with Crippen molar-refractivity contribution in [2.24, 2.45) is 5.92 Å². The predicted molar refractivity (Wildman–Crippen MR) is 83.7 cm³/mol. The largest absolute Gasteiger partial charge is 0.416 e. The molecule has 0 unspecified atom stereocenters. The second-order valence-electron chi connectivity index (χ2n) is 4.87. The maximum atomic E-state index is 12.1. The zero-order valence-electron chi connectivity index (χ0n) is 12.4. The Bertz CT molecular complexity index is 558. The number of hydrogen-bond acceptors (Lipinski definition) is 2. The molecule has 1 aliphatic rings. The third kappa shape index (κ3) is 6.59. The lowest BCUT2D eigenvalue weighted by Crippen LogP contribution is -2.04. The van der Waals surface area contributed by atoms with Crippen molar-refractivity contribution in [2.45, 2.75) is 19.0 Å². The zero-order chi connectivity index (χ0) is 16.6. The first-order valence-electron chi connectivity index (χ1n) is 6.88. The predicted octanol–water partition coefficient (Wildman–Crippen LogP) is 3.99. The molecule has 0 radical (unpaired) electrons. The summed E-state index contributed by atoms with van der Waals surface area (Å²) in [7, 11) is 1.92. The Balaban J connectivity index is 0.000000255. The van der Waals surface area contributed by atoms with Crippen LogP contribution in [0.3, 0.4) is 0 Å². The summed E-state index contributed by atoms with van der Waals surface area (Å²) in [6, 6.07) is 4.56. The van der Waals surface area contributed by atoms with Crippen molar-refractivity contribution in [3.63, 3.8) is 0 Å². The molecule has 0 bridgehead atoms. The van der Waals surface area contributed by atoms with Crippen molar-refractivity contribution in [1.82, 2.24) is 5.32 Å². The van der Waals surface area contributed by atoms with Crippen LogP contribution in [0.2, 0.25) is 0 Å². The highest BCUT2D eigenvalue weighted by atomic mass is 19.4. The van der Waals surface area contributed by atoms with E-state index >= 15 is 0 Å². The van der Waals surface area contributed by atoms with Gasteiger partial charge in [-0.05, 0) is 43.2 Å². The van der Waals surface area contributed by atoms with Gasteiger partial charge in [0.25, 0.3) is 0 Å². The van der Waals surface area contributed by atoms with E-state index in [9.17, 15) is 13.2 Å². The van der Waals surface area contributed by atoms with E-state index in [0.29, 0.717) is 11.1 Å². The van der Waals surface area contributed by atoms with E-state index in [1.807, 2.05) is 7.05 Å². The average molecular weight is 308 g/mol. The topological polar surface area (TPSA) is 35.9 Å². The monoisotopic (exact) mass is 308 g/mol. The maximum Gasteiger partial charge on any atom is 0.416 e. The second kappa shape index (κ2) is 8.40. The average Bonchev–Trinajstić information content (AvgIpc) is 3.31. The molecule has 5 heteroatoms. The first-order chi connectivity index (χ1) is 10.4. The van der Waals surface area contributed by atoms with Gasteiger partial charge in [-0.25, -0.2) is 0 Å². The molecular formula is C17H19F3N2. The van der Waals surface area contributed by atoms with Gasteiger partial charge < -0.3 is 10.7 Å². The smallest absolute Gasteiger partial charge is 0.309 e. The van der Waals surface area contributed by atoms with Crippen LogP contribution in [0.4, 0.5) is 13.2 Å². The third-order valence-electron chi connectivity index (χ3n) is 2.91. The van der Waals surface area contributed by atoms with Crippen LogP contribution in [0.25, 0.3) is 5.57 Å². The van der Waals surface area contributed by atoms with Crippen LogP contribution in [-0.4, -0.2) is 19.8 Å². The van der Waals surface area contributed by atoms with E-state index in [2.05, 4.69) is 23.7 Å². The van der Waals surface area contributed by atoms with E-state index in [-0.39, 0.29) is 0 Å². The molecule has 0 atom stereocenters. The van der Waals surface area contributed by atoms with E-state index < -0.39 is 11.7 Å². The molecule has 1 aromatic rings. The molecule has 118 valence electrons. The minimum absolute atomic E-state index is 0.388. The molecule has 0 aromatic heterocycles. The van der Waals surface area contributed by atoms with E-state index in [1.54, 1.807) is 0 Å². The molecule has 1 aromatic carbocycles. The van der Waals surface area contributed by atoms with Crippen LogP contribution in [0.1, 0.15) is 24.0 Å². The highest BCUT2D eigenvalue weighted by Gasteiger charge is 2.29. The van der Waals surface area contributed by atoms with Crippen molar-refractivity contribution in [2.75, 3.05) is 13.6 Å². The number of allylic oxidation sites excluding steroid dienone is 1. The first-order valence-corrected chi connectivity index (χ1v) is 6.88. The summed E-state index contributed by atoms with van der Waals surface area (Å²) in [5.41, 5.74) is 0.214. The Morgan fingerprint density at radius 1 is 1.36 bits per heavy atom. The molecule has 1 fully saturated rings. The molecule has 1 aliphatic carbocycles. The van der Waals surface area contributed by atoms with Crippen LogP contribution in [0.5, 0.6) is 0 Å². The molecule has 0 amide bonds.